The standard InChI is InChI=1S/C9H15N3O2S/c1-2-3-4-11-7(13)5-6-8(14)12-9(10)15-6/h6H,2-5H2,1H3,(H,11,13)(H2,10,12,14). The van der Waals surface area contributed by atoms with E-state index in [1.165, 1.54) is 0 Å². The fourth-order valence-corrected chi connectivity index (χ4v) is 2.00. The van der Waals surface area contributed by atoms with E-state index in [0.717, 1.165) is 24.6 Å². The van der Waals surface area contributed by atoms with Crippen molar-refractivity contribution in [1.82, 2.24) is 5.32 Å². The zero-order valence-corrected chi connectivity index (χ0v) is 9.47. The normalized spacial score (nSPS) is 20.2. The molecule has 1 heterocycles. The van der Waals surface area contributed by atoms with Crippen LogP contribution in [0.25, 0.3) is 0 Å². The number of amides is 2. The molecule has 1 aliphatic heterocycles. The van der Waals surface area contributed by atoms with E-state index in [9.17, 15) is 9.59 Å². The summed E-state index contributed by atoms with van der Waals surface area (Å²) in [5, 5.41) is 2.58. The van der Waals surface area contributed by atoms with Crippen molar-refractivity contribution in [1.29, 1.82) is 0 Å². The predicted molar refractivity (Wildman–Crippen MR) is 60.5 cm³/mol. The largest absolute Gasteiger partial charge is 0.378 e. The molecule has 1 rings (SSSR count). The van der Waals surface area contributed by atoms with E-state index in [1.54, 1.807) is 0 Å². The van der Waals surface area contributed by atoms with Crippen LogP contribution < -0.4 is 11.1 Å². The summed E-state index contributed by atoms with van der Waals surface area (Å²) in [6.45, 7) is 2.72. The zero-order valence-electron chi connectivity index (χ0n) is 8.66. The summed E-state index contributed by atoms with van der Waals surface area (Å²) in [5.74, 6) is -0.414. The van der Waals surface area contributed by atoms with Gasteiger partial charge in [-0.15, -0.1) is 0 Å². The Balaban J connectivity index is 2.25. The summed E-state index contributed by atoms with van der Waals surface area (Å²) >= 11 is 1.16. The molecule has 0 radical (unpaired) electrons. The third kappa shape index (κ3) is 3.91. The molecule has 0 aromatic carbocycles. The summed E-state index contributed by atoms with van der Waals surface area (Å²) in [5.41, 5.74) is 5.37. The highest BCUT2D eigenvalue weighted by atomic mass is 32.2. The van der Waals surface area contributed by atoms with Gasteiger partial charge in [-0.1, -0.05) is 25.1 Å². The van der Waals surface area contributed by atoms with Gasteiger partial charge >= 0.3 is 0 Å². The first-order valence-electron chi connectivity index (χ1n) is 4.95. The molecule has 0 fully saturated rings. The number of carbonyl (C=O) groups is 2. The summed E-state index contributed by atoms with van der Waals surface area (Å²) in [7, 11) is 0. The Labute approximate surface area is 92.9 Å². The second-order valence-electron chi connectivity index (χ2n) is 3.30. The van der Waals surface area contributed by atoms with E-state index in [2.05, 4.69) is 17.2 Å². The Morgan fingerprint density at radius 2 is 2.40 bits per heavy atom. The van der Waals surface area contributed by atoms with E-state index < -0.39 is 5.25 Å². The van der Waals surface area contributed by atoms with Crippen LogP contribution in [-0.2, 0) is 9.59 Å². The van der Waals surface area contributed by atoms with Crippen molar-refractivity contribution in [2.75, 3.05) is 6.54 Å². The molecular weight excluding hydrogens is 214 g/mol. The molecule has 3 N–H and O–H groups in total. The van der Waals surface area contributed by atoms with E-state index in [1.807, 2.05) is 0 Å². The molecule has 0 saturated heterocycles. The highest BCUT2D eigenvalue weighted by Crippen LogP contribution is 2.22. The van der Waals surface area contributed by atoms with Crippen LogP contribution in [0, 0.1) is 0 Å². The van der Waals surface area contributed by atoms with Crippen molar-refractivity contribution in [2.45, 2.75) is 31.4 Å². The minimum Gasteiger partial charge on any atom is -0.378 e. The van der Waals surface area contributed by atoms with E-state index in [4.69, 9.17) is 5.73 Å². The second-order valence-corrected chi connectivity index (χ2v) is 4.53. The molecule has 1 atom stereocenters. The van der Waals surface area contributed by atoms with Gasteiger partial charge in [0.15, 0.2) is 5.17 Å². The molecule has 1 aliphatic rings. The first-order chi connectivity index (χ1) is 7.13. The Bertz CT molecular complexity index is 291. The van der Waals surface area contributed by atoms with Crippen molar-refractivity contribution in [3.05, 3.63) is 0 Å². The summed E-state index contributed by atoms with van der Waals surface area (Å²) in [6.07, 6.45) is 2.15. The molecule has 84 valence electrons. The maximum absolute atomic E-state index is 11.4. The molecular formula is C9H15N3O2S. The van der Waals surface area contributed by atoms with Crippen LogP contribution in [-0.4, -0.2) is 28.8 Å². The third-order valence-corrected chi connectivity index (χ3v) is 2.97. The third-order valence-electron chi connectivity index (χ3n) is 1.98. The average Bonchev–Trinajstić information content (AvgIpc) is 2.45. The maximum Gasteiger partial charge on any atom is 0.262 e. The molecule has 0 aliphatic carbocycles. The minimum atomic E-state index is -0.424. The number of nitrogens with two attached hydrogens (primary N) is 1. The van der Waals surface area contributed by atoms with Gasteiger partial charge in [0.25, 0.3) is 5.91 Å². The highest BCUT2D eigenvalue weighted by Gasteiger charge is 2.28. The average molecular weight is 229 g/mol. The van der Waals surface area contributed by atoms with Crippen LogP contribution in [0.4, 0.5) is 0 Å². The molecule has 1 unspecified atom stereocenters. The summed E-state index contributed by atoms with van der Waals surface area (Å²) < 4.78 is 0. The highest BCUT2D eigenvalue weighted by molar-refractivity contribution is 8.15. The molecule has 15 heavy (non-hydrogen) atoms. The molecule has 2 amide bonds. The van der Waals surface area contributed by atoms with Gasteiger partial charge in [0, 0.05) is 13.0 Å². The molecule has 0 saturated carbocycles. The fraction of sp³-hybridized carbons (Fsp3) is 0.667. The van der Waals surface area contributed by atoms with Gasteiger partial charge in [-0.3, -0.25) is 9.59 Å². The van der Waals surface area contributed by atoms with Crippen LogP contribution in [0.2, 0.25) is 0 Å². The first-order valence-corrected chi connectivity index (χ1v) is 5.82. The summed E-state index contributed by atoms with van der Waals surface area (Å²) in [4.78, 5) is 26.1. The number of nitrogens with one attached hydrogen (secondary N) is 1. The Morgan fingerprint density at radius 1 is 1.67 bits per heavy atom. The topological polar surface area (TPSA) is 84.6 Å². The number of aliphatic imine (C=N–C) groups is 1. The van der Waals surface area contributed by atoms with E-state index in [-0.39, 0.29) is 23.4 Å². The number of rotatable bonds is 5. The van der Waals surface area contributed by atoms with E-state index >= 15 is 0 Å². The molecule has 0 aromatic heterocycles. The van der Waals surface area contributed by atoms with Gasteiger partial charge in [-0.05, 0) is 6.42 Å². The van der Waals surface area contributed by atoms with Crippen molar-refractivity contribution in [2.24, 2.45) is 10.7 Å². The number of unbranched alkanes of at least 4 members (excludes halogenated alkanes) is 1. The lowest BCUT2D eigenvalue weighted by Crippen LogP contribution is -2.29. The zero-order chi connectivity index (χ0) is 11.3. The molecule has 6 heteroatoms. The van der Waals surface area contributed by atoms with Crippen LogP contribution in [0.1, 0.15) is 26.2 Å². The number of nitrogens with zero attached hydrogens (tertiary/aromatic N) is 1. The van der Waals surface area contributed by atoms with Gasteiger partial charge in [-0.25, -0.2) is 0 Å². The minimum absolute atomic E-state index is 0.112. The van der Waals surface area contributed by atoms with Gasteiger partial charge < -0.3 is 11.1 Å². The smallest absolute Gasteiger partial charge is 0.262 e. The van der Waals surface area contributed by atoms with Gasteiger partial charge in [-0.2, -0.15) is 4.99 Å². The number of hydrogen-bond donors (Lipinski definition) is 2. The quantitative estimate of drug-likeness (QED) is 0.662. The fourth-order valence-electron chi connectivity index (χ4n) is 1.18. The Hall–Kier alpha value is -1.04. The first kappa shape index (κ1) is 12.0. The van der Waals surface area contributed by atoms with Crippen molar-refractivity contribution < 1.29 is 9.59 Å². The number of hydrogen-bond acceptors (Lipinski definition) is 4. The molecule has 0 spiro atoms. The van der Waals surface area contributed by atoms with Crippen LogP contribution in [0.15, 0.2) is 4.99 Å². The van der Waals surface area contributed by atoms with Crippen LogP contribution in [0.5, 0.6) is 0 Å². The van der Waals surface area contributed by atoms with Gasteiger partial charge in [0.05, 0.1) is 0 Å². The van der Waals surface area contributed by atoms with Gasteiger partial charge in [0.2, 0.25) is 5.91 Å². The Kier molecular flexibility index (Phi) is 4.61. The number of thioether (sulfide) groups is 1. The molecule has 0 bridgehead atoms. The Morgan fingerprint density at radius 3 is 2.93 bits per heavy atom. The van der Waals surface area contributed by atoms with Crippen LogP contribution >= 0.6 is 11.8 Å². The van der Waals surface area contributed by atoms with Gasteiger partial charge in [0.1, 0.15) is 5.25 Å². The summed E-state index contributed by atoms with van der Waals surface area (Å²) in [6, 6.07) is 0. The number of carbonyl (C=O) groups excluding carboxylic acids is 2. The predicted octanol–water partition coefficient (Wildman–Crippen LogP) is 0.249. The second kappa shape index (κ2) is 5.75. The lowest BCUT2D eigenvalue weighted by atomic mass is 10.2. The maximum atomic E-state index is 11.4. The van der Waals surface area contributed by atoms with Crippen molar-refractivity contribution in [3.63, 3.8) is 0 Å². The monoisotopic (exact) mass is 229 g/mol. The SMILES string of the molecule is CCCCNC(=O)CC1SC(N)=NC1=O. The molecule has 0 aromatic rings. The lowest BCUT2D eigenvalue weighted by molar-refractivity contribution is -0.124. The molecule has 5 nitrogen and oxygen atoms in total. The van der Waals surface area contributed by atoms with E-state index in [0.29, 0.717) is 6.54 Å². The van der Waals surface area contributed by atoms with Crippen molar-refractivity contribution >= 4 is 28.7 Å². The number of amidine groups is 1. The van der Waals surface area contributed by atoms with Crippen molar-refractivity contribution in [3.8, 4) is 0 Å². The lowest BCUT2D eigenvalue weighted by Gasteiger charge is -2.06. The van der Waals surface area contributed by atoms with Crippen LogP contribution in [0.3, 0.4) is 0 Å².